The van der Waals surface area contributed by atoms with Crippen LogP contribution in [0.15, 0.2) is 279 Å². The van der Waals surface area contributed by atoms with Gasteiger partial charge in [-0.3, -0.25) is 0 Å². The van der Waals surface area contributed by atoms with E-state index in [0.29, 0.717) is 0 Å². The molecule has 0 radical (unpaired) electrons. The summed E-state index contributed by atoms with van der Waals surface area (Å²) in [6.45, 7) is 9.41. The Morgan fingerprint density at radius 1 is 0.232 bits per heavy atom. The van der Waals surface area contributed by atoms with Gasteiger partial charge in [-0.15, -0.1) is 0 Å². The van der Waals surface area contributed by atoms with Gasteiger partial charge in [-0.05, 0) is 139 Å². The average molecular weight is 1050 g/mol. The fourth-order valence-electron chi connectivity index (χ4n) is 13.2. The fourth-order valence-corrected chi connectivity index (χ4v) is 13.2. The lowest BCUT2D eigenvalue weighted by Crippen LogP contribution is -2.16. The number of aromatic nitrogens is 2. The minimum atomic E-state index is -0.156. The number of fused-ring (bicyclic) bond motifs is 8. The number of anilines is 6. The minimum absolute atomic E-state index is 0.156. The Morgan fingerprint density at radius 3 is 0.927 bits per heavy atom. The van der Waals surface area contributed by atoms with Gasteiger partial charge in [0.2, 0.25) is 0 Å². The van der Waals surface area contributed by atoms with Crippen molar-refractivity contribution in [2.45, 2.75) is 38.5 Å². The van der Waals surface area contributed by atoms with Crippen LogP contribution < -0.4 is 9.80 Å². The van der Waals surface area contributed by atoms with E-state index in [9.17, 15) is 0 Å². The van der Waals surface area contributed by atoms with Gasteiger partial charge >= 0.3 is 0 Å². The molecule has 0 N–H and O–H groups in total. The standard InChI is InChI=1S/C78H58N4/c1-77(2)69-29-17-15-27-65(69)67-45-43-63(49-71(67)77)81(61-41-31-51-19-11-13-25-57(51)47-61)59-37-33-55(34-38-59)75-76(80-74(54-23-9-6-10-24-54)73(79-75)53-21-7-5-8-22-53)56-35-39-60(40-36-56)82(62-42-32-52-20-12-14-26-58(52)48-62)64-44-46-68-66-28-16-18-30-70(66)78(3,4)72(68)50-64/h5-50H,1-4H3. The predicted octanol–water partition coefficient (Wildman–Crippen LogP) is 21.0. The minimum Gasteiger partial charge on any atom is -0.310 e. The Morgan fingerprint density at radius 2 is 0.524 bits per heavy atom. The molecular formula is C78H58N4. The van der Waals surface area contributed by atoms with Crippen molar-refractivity contribution in [3.8, 4) is 67.3 Å². The molecule has 12 aromatic carbocycles. The third-order valence-electron chi connectivity index (χ3n) is 17.4. The van der Waals surface area contributed by atoms with Crippen molar-refractivity contribution < 1.29 is 0 Å². The predicted molar refractivity (Wildman–Crippen MR) is 343 cm³/mol. The van der Waals surface area contributed by atoms with Crippen molar-refractivity contribution in [1.29, 1.82) is 0 Å². The van der Waals surface area contributed by atoms with E-state index in [4.69, 9.17) is 9.97 Å². The molecule has 0 aliphatic heterocycles. The average Bonchev–Trinajstić information content (AvgIpc) is 3.89. The molecule has 0 saturated carbocycles. The van der Waals surface area contributed by atoms with Gasteiger partial charge in [0, 0.05) is 67.2 Å². The molecule has 390 valence electrons. The first-order valence-electron chi connectivity index (χ1n) is 28.5. The summed E-state index contributed by atoms with van der Waals surface area (Å²) in [7, 11) is 0. The maximum atomic E-state index is 5.72. The number of hydrogen-bond acceptors (Lipinski definition) is 4. The maximum Gasteiger partial charge on any atom is 0.0973 e. The Labute approximate surface area is 480 Å². The van der Waals surface area contributed by atoms with Crippen molar-refractivity contribution in [2.24, 2.45) is 0 Å². The van der Waals surface area contributed by atoms with Gasteiger partial charge < -0.3 is 9.80 Å². The first kappa shape index (κ1) is 48.9. The van der Waals surface area contributed by atoms with Gasteiger partial charge in [0.1, 0.15) is 0 Å². The molecule has 15 rings (SSSR count). The maximum absolute atomic E-state index is 5.72. The molecule has 0 fully saturated rings. The molecule has 4 heteroatoms. The van der Waals surface area contributed by atoms with Gasteiger partial charge in [-0.1, -0.05) is 234 Å². The second-order valence-corrected chi connectivity index (χ2v) is 23.0. The van der Waals surface area contributed by atoms with E-state index in [-0.39, 0.29) is 10.8 Å². The zero-order valence-electron chi connectivity index (χ0n) is 46.3. The molecule has 2 aliphatic carbocycles. The van der Waals surface area contributed by atoms with Crippen LogP contribution >= 0.6 is 0 Å². The van der Waals surface area contributed by atoms with E-state index in [0.717, 1.165) is 79.2 Å². The highest BCUT2D eigenvalue weighted by atomic mass is 15.1. The van der Waals surface area contributed by atoms with Crippen molar-refractivity contribution in [3.63, 3.8) is 0 Å². The zero-order chi connectivity index (χ0) is 55.1. The van der Waals surface area contributed by atoms with Crippen LogP contribution in [0, 0.1) is 0 Å². The van der Waals surface area contributed by atoms with Crippen molar-refractivity contribution in [3.05, 3.63) is 301 Å². The molecule has 0 unspecified atom stereocenters. The number of benzene rings is 12. The number of rotatable bonds is 10. The molecule has 1 heterocycles. The van der Waals surface area contributed by atoms with E-state index < -0.39 is 0 Å². The summed E-state index contributed by atoms with van der Waals surface area (Å²) >= 11 is 0. The van der Waals surface area contributed by atoms with Crippen LogP contribution in [0.3, 0.4) is 0 Å². The normalized spacial score (nSPS) is 13.3. The molecule has 0 bridgehead atoms. The Hall–Kier alpha value is -10.2. The fraction of sp³-hybridized carbons (Fsp3) is 0.0769. The first-order valence-corrected chi connectivity index (χ1v) is 28.5. The summed E-state index contributed by atoms with van der Waals surface area (Å²) in [6.07, 6.45) is 0. The first-order chi connectivity index (χ1) is 40.2. The monoisotopic (exact) mass is 1050 g/mol. The smallest absolute Gasteiger partial charge is 0.0973 e. The third-order valence-corrected chi connectivity index (χ3v) is 17.4. The lowest BCUT2D eigenvalue weighted by Gasteiger charge is -2.28. The zero-order valence-corrected chi connectivity index (χ0v) is 46.3. The molecule has 82 heavy (non-hydrogen) atoms. The van der Waals surface area contributed by atoms with Crippen LogP contribution in [0.1, 0.15) is 49.9 Å². The quantitative estimate of drug-likeness (QED) is 0.137. The molecular weight excluding hydrogens is 993 g/mol. The summed E-state index contributed by atoms with van der Waals surface area (Å²) < 4.78 is 0. The second kappa shape index (κ2) is 19.3. The van der Waals surface area contributed by atoms with Gasteiger partial charge in [0.25, 0.3) is 0 Å². The summed E-state index contributed by atoms with van der Waals surface area (Å²) in [5, 5.41) is 4.80. The van der Waals surface area contributed by atoms with Crippen molar-refractivity contribution in [1.82, 2.24) is 9.97 Å². The third kappa shape index (κ3) is 8.12. The van der Waals surface area contributed by atoms with E-state index in [1.807, 2.05) is 0 Å². The van der Waals surface area contributed by atoms with Crippen LogP contribution in [0.5, 0.6) is 0 Å². The van der Waals surface area contributed by atoms with E-state index in [2.05, 4.69) is 317 Å². The molecule has 13 aromatic rings. The lowest BCUT2D eigenvalue weighted by molar-refractivity contribution is 0.660. The lowest BCUT2D eigenvalue weighted by atomic mass is 9.82. The largest absolute Gasteiger partial charge is 0.310 e. The SMILES string of the molecule is CC1(C)c2ccccc2-c2ccc(N(c3ccc(-c4nc(-c5ccccc5)c(-c5ccccc5)nc4-c4ccc(N(c5ccc6c(c5)C(C)(C)c5ccccc5-6)c5ccc6ccccc6c5)cc4)cc3)c3ccc4ccccc4c3)cc21. The molecule has 1 aromatic heterocycles. The molecule has 0 atom stereocenters. The number of hydrogen-bond donors (Lipinski definition) is 0. The number of nitrogens with zero attached hydrogens (tertiary/aromatic N) is 4. The molecule has 2 aliphatic rings. The van der Waals surface area contributed by atoms with Crippen LogP contribution in [0.25, 0.3) is 88.8 Å². The topological polar surface area (TPSA) is 32.3 Å². The van der Waals surface area contributed by atoms with Crippen LogP contribution in [-0.4, -0.2) is 9.97 Å². The van der Waals surface area contributed by atoms with Crippen molar-refractivity contribution >= 4 is 55.7 Å². The summed E-state index contributed by atoms with van der Waals surface area (Å²) in [5.74, 6) is 0. The van der Waals surface area contributed by atoms with Crippen molar-refractivity contribution in [2.75, 3.05) is 9.80 Å². The van der Waals surface area contributed by atoms with Crippen LogP contribution in [0.4, 0.5) is 34.1 Å². The highest BCUT2D eigenvalue weighted by Crippen LogP contribution is 2.53. The van der Waals surface area contributed by atoms with Crippen LogP contribution in [0.2, 0.25) is 0 Å². The second-order valence-electron chi connectivity index (χ2n) is 23.0. The summed E-state index contributed by atoms with van der Waals surface area (Å²) in [4.78, 5) is 16.2. The van der Waals surface area contributed by atoms with E-state index >= 15 is 0 Å². The summed E-state index contributed by atoms with van der Waals surface area (Å²) in [5.41, 5.74) is 24.0. The Balaban J connectivity index is 0.881. The van der Waals surface area contributed by atoms with Gasteiger partial charge in [-0.25, -0.2) is 9.97 Å². The highest BCUT2D eigenvalue weighted by molar-refractivity contribution is 5.94. The van der Waals surface area contributed by atoms with E-state index in [1.54, 1.807) is 0 Å². The van der Waals surface area contributed by atoms with Gasteiger partial charge in [0.15, 0.2) is 0 Å². The molecule has 0 spiro atoms. The molecule has 0 amide bonds. The summed E-state index contributed by atoms with van der Waals surface area (Å²) in [6, 6.07) is 101. The van der Waals surface area contributed by atoms with Gasteiger partial charge in [0.05, 0.1) is 22.8 Å². The van der Waals surface area contributed by atoms with Crippen LogP contribution in [-0.2, 0) is 10.8 Å². The highest BCUT2D eigenvalue weighted by Gasteiger charge is 2.37. The Bertz CT molecular complexity index is 4320. The molecule has 0 saturated heterocycles. The molecule has 4 nitrogen and oxygen atoms in total. The van der Waals surface area contributed by atoms with E-state index in [1.165, 1.54) is 66.1 Å². The Kier molecular flexibility index (Phi) is 11.5. The van der Waals surface area contributed by atoms with Gasteiger partial charge in [-0.2, -0.15) is 0 Å².